The third-order valence-electron chi connectivity index (χ3n) is 4.53. The van der Waals surface area contributed by atoms with Gasteiger partial charge in [0, 0.05) is 35.2 Å². The molecule has 0 bridgehead atoms. The average Bonchev–Trinajstić information content (AvgIpc) is 2.61. The normalized spacial score (nSPS) is 19.1. The van der Waals surface area contributed by atoms with Crippen LogP contribution in [0.3, 0.4) is 0 Å². The number of hydrogen-bond donors (Lipinski definition) is 0. The molecule has 126 valence electrons. The van der Waals surface area contributed by atoms with Gasteiger partial charge in [-0.1, -0.05) is 60.1 Å². The Kier molecular flexibility index (Phi) is 4.10. The standard InChI is InChI=1S/C21H17ClO3/c1-13(23)24-20-12-19(15-6-9-16(22)10-7-15)18-11-8-14-4-2-3-5-17(14)21(18)25-20/h2-11,19-20H,12H2,1H3/t19-,20-/m0/s1. The van der Waals surface area contributed by atoms with Gasteiger partial charge in [-0.2, -0.15) is 0 Å². The zero-order valence-corrected chi connectivity index (χ0v) is 14.5. The fourth-order valence-corrected chi connectivity index (χ4v) is 3.56. The van der Waals surface area contributed by atoms with Gasteiger partial charge in [0.25, 0.3) is 0 Å². The first-order chi connectivity index (χ1) is 12.1. The molecule has 25 heavy (non-hydrogen) atoms. The quantitative estimate of drug-likeness (QED) is 0.587. The number of hydrogen-bond acceptors (Lipinski definition) is 3. The molecule has 0 saturated heterocycles. The second-order valence-electron chi connectivity index (χ2n) is 6.20. The van der Waals surface area contributed by atoms with E-state index < -0.39 is 6.29 Å². The SMILES string of the molecule is CC(=O)O[C@@H]1C[C@@H](c2ccc(Cl)cc2)c2ccc3ccccc3c2O1. The third kappa shape index (κ3) is 3.08. The first kappa shape index (κ1) is 16.0. The molecule has 0 spiro atoms. The van der Waals surface area contributed by atoms with Crippen molar-refractivity contribution in [3.63, 3.8) is 0 Å². The van der Waals surface area contributed by atoms with Crippen LogP contribution >= 0.6 is 11.6 Å². The fraction of sp³-hybridized carbons (Fsp3) is 0.190. The molecule has 0 fully saturated rings. The molecule has 0 aliphatic carbocycles. The van der Waals surface area contributed by atoms with Crippen molar-refractivity contribution in [2.45, 2.75) is 25.6 Å². The summed E-state index contributed by atoms with van der Waals surface area (Å²) in [6.45, 7) is 1.40. The largest absolute Gasteiger partial charge is 0.454 e. The van der Waals surface area contributed by atoms with Crippen LogP contribution in [0.15, 0.2) is 60.7 Å². The van der Waals surface area contributed by atoms with E-state index in [2.05, 4.69) is 12.1 Å². The van der Waals surface area contributed by atoms with Crippen LogP contribution in [-0.2, 0) is 9.53 Å². The lowest BCUT2D eigenvalue weighted by atomic mass is 9.85. The summed E-state index contributed by atoms with van der Waals surface area (Å²) in [5, 5.41) is 2.82. The molecule has 1 heterocycles. The van der Waals surface area contributed by atoms with Gasteiger partial charge >= 0.3 is 5.97 Å². The molecular formula is C21H17ClO3. The third-order valence-corrected chi connectivity index (χ3v) is 4.78. The Labute approximate surface area is 151 Å². The van der Waals surface area contributed by atoms with Gasteiger partial charge in [0.1, 0.15) is 5.75 Å². The Morgan fingerprint density at radius 2 is 1.84 bits per heavy atom. The van der Waals surface area contributed by atoms with Gasteiger partial charge in [0.2, 0.25) is 6.29 Å². The summed E-state index contributed by atoms with van der Waals surface area (Å²) in [4.78, 5) is 11.5. The molecule has 1 aliphatic rings. The number of halogens is 1. The van der Waals surface area contributed by atoms with Gasteiger partial charge in [-0.05, 0) is 23.1 Å². The number of fused-ring (bicyclic) bond motifs is 3. The molecule has 0 unspecified atom stereocenters. The van der Waals surface area contributed by atoms with Gasteiger partial charge in [0.05, 0.1) is 0 Å². The zero-order valence-electron chi connectivity index (χ0n) is 13.7. The number of ether oxygens (including phenoxy) is 2. The molecule has 4 heteroatoms. The predicted molar refractivity (Wildman–Crippen MR) is 98.0 cm³/mol. The minimum Gasteiger partial charge on any atom is -0.454 e. The van der Waals surface area contributed by atoms with Crippen LogP contribution in [0, 0.1) is 0 Å². The minimum atomic E-state index is -0.600. The molecule has 0 N–H and O–H groups in total. The van der Waals surface area contributed by atoms with Crippen LogP contribution in [0.5, 0.6) is 5.75 Å². The lowest BCUT2D eigenvalue weighted by Gasteiger charge is -2.32. The van der Waals surface area contributed by atoms with Crippen LogP contribution in [0.2, 0.25) is 5.02 Å². The van der Waals surface area contributed by atoms with Crippen LogP contribution in [0.1, 0.15) is 30.4 Å². The van der Waals surface area contributed by atoms with Crippen molar-refractivity contribution in [2.75, 3.05) is 0 Å². The predicted octanol–water partition coefficient (Wildman–Crippen LogP) is 5.30. The Bertz CT molecular complexity index is 934. The summed E-state index contributed by atoms with van der Waals surface area (Å²) in [6.07, 6.45) is -0.0245. The molecule has 1 aliphatic heterocycles. The molecule has 4 rings (SSSR count). The van der Waals surface area contributed by atoms with Crippen molar-refractivity contribution in [1.29, 1.82) is 0 Å². The molecule has 3 nitrogen and oxygen atoms in total. The maximum Gasteiger partial charge on any atom is 0.305 e. The second kappa shape index (κ2) is 6.41. The molecule has 3 aromatic rings. The molecule has 0 amide bonds. The Balaban J connectivity index is 1.86. The first-order valence-electron chi connectivity index (χ1n) is 8.23. The average molecular weight is 353 g/mol. The minimum absolute atomic E-state index is 0.0787. The van der Waals surface area contributed by atoms with Crippen molar-refractivity contribution >= 4 is 28.3 Å². The van der Waals surface area contributed by atoms with E-state index in [0.29, 0.717) is 11.4 Å². The van der Waals surface area contributed by atoms with E-state index in [0.717, 1.165) is 27.6 Å². The van der Waals surface area contributed by atoms with Crippen LogP contribution < -0.4 is 4.74 Å². The van der Waals surface area contributed by atoms with Crippen molar-refractivity contribution in [3.05, 3.63) is 76.8 Å². The topological polar surface area (TPSA) is 35.5 Å². The molecular weight excluding hydrogens is 336 g/mol. The highest BCUT2D eigenvalue weighted by molar-refractivity contribution is 6.30. The van der Waals surface area contributed by atoms with Crippen molar-refractivity contribution in [1.82, 2.24) is 0 Å². The molecule has 0 radical (unpaired) electrons. The van der Waals surface area contributed by atoms with E-state index in [1.165, 1.54) is 6.92 Å². The molecule has 0 aromatic heterocycles. The lowest BCUT2D eigenvalue weighted by Crippen LogP contribution is -2.30. The smallest absolute Gasteiger partial charge is 0.305 e. The number of carbonyl (C=O) groups excluding carboxylic acids is 1. The monoisotopic (exact) mass is 352 g/mol. The van der Waals surface area contributed by atoms with Crippen molar-refractivity contribution < 1.29 is 14.3 Å². The Morgan fingerprint density at radius 3 is 2.60 bits per heavy atom. The molecule has 3 aromatic carbocycles. The van der Waals surface area contributed by atoms with Gasteiger partial charge < -0.3 is 9.47 Å². The summed E-state index contributed by atoms with van der Waals surface area (Å²) in [5.41, 5.74) is 2.23. The second-order valence-corrected chi connectivity index (χ2v) is 6.64. The Morgan fingerprint density at radius 1 is 1.08 bits per heavy atom. The van der Waals surface area contributed by atoms with E-state index in [-0.39, 0.29) is 11.9 Å². The van der Waals surface area contributed by atoms with Crippen LogP contribution in [0.25, 0.3) is 10.8 Å². The summed E-state index contributed by atoms with van der Waals surface area (Å²) < 4.78 is 11.4. The van der Waals surface area contributed by atoms with E-state index in [1.807, 2.05) is 48.5 Å². The summed E-state index contributed by atoms with van der Waals surface area (Å²) >= 11 is 6.03. The molecule has 0 saturated carbocycles. The van der Waals surface area contributed by atoms with Crippen LogP contribution in [-0.4, -0.2) is 12.3 Å². The number of rotatable bonds is 2. The Hall–Kier alpha value is -2.52. The zero-order chi connectivity index (χ0) is 17.4. The van der Waals surface area contributed by atoms with E-state index in [1.54, 1.807) is 0 Å². The summed E-state index contributed by atoms with van der Waals surface area (Å²) in [6, 6.07) is 20.1. The van der Waals surface area contributed by atoms with Crippen molar-refractivity contribution in [3.8, 4) is 5.75 Å². The lowest BCUT2D eigenvalue weighted by molar-refractivity contribution is -0.163. The fourth-order valence-electron chi connectivity index (χ4n) is 3.43. The first-order valence-corrected chi connectivity index (χ1v) is 8.60. The van der Waals surface area contributed by atoms with Gasteiger partial charge in [-0.25, -0.2) is 0 Å². The maximum absolute atomic E-state index is 11.5. The van der Waals surface area contributed by atoms with Gasteiger partial charge in [-0.15, -0.1) is 0 Å². The highest BCUT2D eigenvalue weighted by Gasteiger charge is 2.32. The maximum atomic E-state index is 11.5. The van der Waals surface area contributed by atoms with Crippen LogP contribution in [0.4, 0.5) is 0 Å². The highest BCUT2D eigenvalue weighted by atomic mass is 35.5. The number of carbonyl (C=O) groups is 1. The molecule has 2 atom stereocenters. The summed E-state index contributed by atoms with van der Waals surface area (Å²) in [7, 11) is 0. The number of esters is 1. The van der Waals surface area contributed by atoms with E-state index >= 15 is 0 Å². The van der Waals surface area contributed by atoms with E-state index in [4.69, 9.17) is 21.1 Å². The summed E-state index contributed by atoms with van der Waals surface area (Å²) in [5.74, 6) is 0.522. The highest BCUT2D eigenvalue weighted by Crippen LogP contribution is 2.44. The number of benzene rings is 3. The van der Waals surface area contributed by atoms with Gasteiger partial charge in [0.15, 0.2) is 0 Å². The van der Waals surface area contributed by atoms with Gasteiger partial charge in [-0.3, -0.25) is 4.79 Å². The van der Waals surface area contributed by atoms with E-state index in [9.17, 15) is 4.79 Å². The van der Waals surface area contributed by atoms with Crippen molar-refractivity contribution in [2.24, 2.45) is 0 Å².